The highest BCUT2D eigenvalue weighted by Crippen LogP contribution is 2.23. The molecule has 1 N–H and O–H groups in total. The number of hydrogen-bond acceptors (Lipinski definition) is 5. The van der Waals surface area contributed by atoms with Crippen LogP contribution in [0.15, 0.2) is 48.9 Å². The third-order valence-electron chi connectivity index (χ3n) is 5.64. The number of morpholine rings is 1. The molecule has 0 radical (unpaired) electrons. The lowest BCUT2D eigenvalue weighted by Gasteiger charge is -2.35. The maximum Gasteiger partial charge on any atom is 0.253 e. The summed E-state index contributed by atoms with van der Waals surface area (Å²) >= 11 is 6.07. The number of amides is 1. The minimum atomic E-state index is -0.719. The van der Waals surface area contributed by atoms with Gasteiger partial charge in [0.2, 0.25) is 5.95 Å². The van der Waals surface area contributed by atoms with Crippen molar-refractivity contribution in [3.63, 3.8) is 0 Å². The van der Waals surface area contributed by atoms with Gasteiger partial charge in [-0.1, -0.05) is 30.3 Å². The summed E-state index contributed by atoms with van der Waals surface area (Å²) in [5, 5.41) is 4.55. The van der Waals surface area contributed by atoms with E-state index < -0.39 is 6.67 Å². The summed E-state index contributed by atoms with van der Waals surface area (Å²) in [4.78, 5) is 23.9. The van der Waals surface area contributed by atoms with Gasteiger partial charge in [0.05, 0.1) is 24.8 Å². The molecule has 3 heterocycles. The van der Waals surface area contributed by atoms with Crippen molar-refractivity contribution >= 4 is 30.2 Å². The predicted octanol–water partition coefficient (Wildman–Crippen LogP) is 1.88. The lowest BCUT2D eigenvalue weighted by molar-refractivity contribution is 0.0162. The molecule has 1 aromatic carbocycles. The van der Waals surface area contributed by atoms with E-state index in [-0.39, 0.29) is 11.9 Å². The number of halogens is 2. The van der Waals surface area contributed by atoms with Crippen LogP contribution in [0.4, 0.5) is 4.39 Å². The number of nitrogens with one attached hydrogen (secondary N) is 1. The Bertz CT molecular complexity index is 1190. The third kappa shape index (κ3) is 5.30. The number of nitrogens with zero attached hydrogens (tertiary/aromatic N) is 4. The minimum Gasteiger partial charge on any atom is -0.379 e. The molecule has 3 aromatic rings. The van der Waals surface area contributed by atoms with Crippen molar-refractivity contribution < 1.29 is 13.9 Å². The van der Waals surface area contributed by atoms with Crippen LogP contribution in [0.1, 0.15) is 22.0 Å². The van der Waals surface area contributed by atoms with Crippen LogP contribution in [-0.4, -0.2) is 64.9 Å². The van der Waals surface area contributed by atoms with E-state index in [1.54, 1.807) is 29.2 Å². The lowest BCUT2D eigenvalue weighted by Crippen LogP contribution is -2.44. The van der Waals surface area contributed by atoms with E-state index in [2.05, 4.69) is 26.8 Å². The lowest BCUT2D eigenvalue weighted by atomic mass is 10.0. The minimum absolute atomic E-state index is 0.0533. The predicted molar refractivity (Wildman–Crippen MR) is 125 cm³/mol. The Labute approximate surface area is 196 Å². The van der Waals surface area contributed by atoms with Crippen LogP contribution in [-0.2, 0) is 4.74 Å². The third-order valence-corrected chi connectivity index (χ3v) is 5.89. The quantitative estimate of drug-likeness (QED) is 0.572. The van der Waals surface area contributed by atoms with Crippen molar-refractivity contribution in [3.8, 4) is 5.95 Å². The molecule has 172 valence electrons. The first-order valence-electron chi connectivity index (χ1n) is 10.7. The number of carbonyl (C=O) groups is 1. The second-order valence-electron chi connectivity index (χ2n) is 7.61. The van der Waals surface area contributed by atoms with Gasteiger partial charge in [0.15, 0.2) is 0 Å². The first-order valence-corrected chi connectivity index (χ1v) is 11.1. The molecule has 1 amide bonds. The maximum atomic E-state index is 13.2. The maximum absolute atomic E-state index is 13.2. The Kier molecular flexibility index (Phi) is 7.49. The Morgan fingerprint density at radius 2 is 1.94 bits per heavy atom. The molecule has 0 bridgehead atoms. The molecule has 1 fully saturated rings. The number of alkyl halides is 1. The molecule has 2 aromatic heterocycles. The molecule has 1 aliphatic heterocycles. The normalized spacial score (nSPS) is 16.0. The van der Waals surface area contributed by atoms with Crippen LogP contribution >= 0.6 is 11.6 Å². The van der Waals surface area contributed by atoms with Crippen LogP contribution in [0.25, 0.3) is 18.6 Å². The monoisotopic (exact) mass is 469 g/mol. The van der Waals surface area contributed by atoms with Crippen molar-refractivity contribution in [2.45, 2.75) is 6.04 Å². The summed E-state index contributed by atoms with van der Waals surface area (Å²) in [5.74, 6) is 0.0453. The van der Waals surface area contributed by atoms with E-state index in [0.29, 0.717) is 46.9 Å². The van der Waals surface area contributed by atoms with E-state index in [4.69, 9.17) is 16.3 Å². The fourth-order valence-electron chi connectivity index (χ4n) is 3.96. The van der Waals surface area contributed by atoms with Crippen LogP contribution in [0.5, 0.6) is 0 Å². The molecule has 4 rings (SSSR count). The van der Waals surface area contributed by atoms with Crippen molar-refractivity contribution in [1.29, 1.82) is 0 Å². The van der Waals surface area contributed by atoms with Crippen molar-refractivity contribution in [1.82, 2.24) is 24.8 Å². The van der Waals surface area contributed by atoms with Gasteiger partial charge in [-0.05, 0) is 29.8 Å². The van der Waals surface area contributed by atoms with Gasteiger partial charge in [0, 0.05) is 53.8 Å². The molecule has 0 spiro atoms. The molecule has 1 atom stereocenters. The zero-order valence-corrected chi connectivity index (χ0v) is 18.8. The molecule has 33 heavy (non-hydrogen) atoms. The summed E-state index contributed by atoms with van der Waals surface area (Å²) in [5.41, 5.74) is 1.37. The Morgan fingerprint density at radius 3 is 2.61 bits per heavy atom. The number of aromatic nitrogens is 3. The van der Waals surface area contributed by atoms with E-state index >= 15 is 0 Å². The van der Waals surface area contributed by atoms with E-state index in [9.17, 15) is 9.18 Å². The van der Waals surface area contributed by atoms with E-state index in [1.807, 2.05) is 24.3 Å². The van der Waals surface area contributed by atoms with Gasteiger partial charge in [-0.3, -0.25) is 14.3 Å². The highest BCUT2D eigenvalue weighted by molar-refractivity contribution is 6.30. The Hall–Kier alpha value is -3.07. The fraction of sp³-hybridized carbons (Fsp3) is 0.292. The fourth-order valence-corrected chi connectivity index (χ4v) is 4.08. The number of benzene rings is 1. The van der Waals surface area contributed by atoms with Crippen LogP contribution in [0.3, 0.4) is 0 Å². The van der Waals surface area contributed by atoms with E-state index in [1.165, 1.54) is 6.08 Å². The SMILES string of the molecule is C=c1/c(=C/CF)c(C(=O)NCC(c2ccc(Cl)cc2)N2CCOCC2)cn1-c1ncccn1. The molecule has 0 saturated carbocycles. The zero-order valence-electron chi connectivity index (χ0n) is 18.1. The second kappa shape index (κ2) is 10.7. The summed E-state index contributed by atoms with van der Waals surface area (Å²) in [7, 11) is 0. The average Bonchev–Trinajstić information content (AvgIpc) is 3.18. The van der Waals surface area contributed by atoms with Crippen molar-refractivity contribution in [2.75, 3.05) is 39.5 Å². The molecule has 9 heteroatoms. The molecular weight excluding hydrogens is 445 g/mol. The largest absolute Gasteiger partial charge is 0.379 e. The molecule has 7 nitrogen and oxygen atoms in total. The second-order valence-corrected chi connectivity index (χ2v) is 8.04. The summed E-state index contributed by atoms with van der Waals surface area (Å²) in [6.07, 6.45) is 6.13. The van der Waals surface area contributed by atoms with Crippen molar-refractivity contribution in [2.24, 2.45) is 0 Å². The summed E-state index contributed by atoms with van der Waals surface area (Å²) in [6, 6.07) is 9.26. The smallest absolute Gasteiger partial charge is 0.253 e. The summed E-state index contributed by atoms with van der Waals surface area (Å²) in [6.45, 7) is 6.46. The number of hydrogen-bond donors (Lipinski definition) is 1. The van der Waals surface area contributed by atoms with Crippen LogP contribution in [0.2, 0.25) is 5.02 Å². The zero-order chi connectivity index (χ0) is 23.2. The number of rotatable bonds is 7. The van der Waals surface area contributed by atoms with Gasteiger partial charge in [0.25, 0.3) is 5.91 Å². The molecule has 0 aliphatic carbocycles. The van der Waals surface area contributed by atoms with Gasteiger partial charge < -0.3 is 10.1 Å². The first-order chi connectivity index (χ1) is 16.1. The Balaban J connectivity index is 1.60. The highest BCUT2D eigenvalue weighted by Gasteiger charge is 2.24. The highest BCUT2D eigenvalue weighted by atomic mass is 35.5. The van der Waals surface area contributed by atoms with Crippen molar-refractivity contribution in [3.05, 3.63) is 75.6 Å². The first kappa shape index (κ1) is 23.1. The average molecular weight is 470 g/mol. The van der Waals surface area contributed by atoms with Gasteiger partial charge in [0.1, 0.15) is 6.67 Å². The topological polar surface area (TPSA) is 72.3 Å². The van der Waals surface area contributed by atoms with Gasteiger partial charge in [-0.25, -0.2) is 14.4 Å². The number of ether oxygens (including phenoxy) is 1. The number of carbonyl (C=O) groups excluding carboxylic acids is 1. The van der Waals surface area contributed by atoms with Gasteiger partial charge in [-0.15, -0.1) is 0 Å². The molecule has 1 aliphatic rings. The summed E-state index contributed by atoms with van der Waals surface area (Å²) < 4.78 is 20.3. The Morgan fingerprint density at radius 1 is 1.24 bits per heavy atom. The van der Waals surface area contributed by atoms with Gasteiger partial charge in [-0.2, -0.15) is 0 Å². The molecule has 1 unspecified atom stereocenters. The molecular formula is C24H25ClFN5O2. The van der Waals surface area contributed by atoms with Crippen LogP contribution in [0, 0.1) is 0 Å². The van der Waals surface area contributed by atoms with Gasteiger partial charge >= 0.3 is 0 Å². The van der Waals surface area contributed by atoms with Crippen LogP contribution < -0.4 is 15.9 Å². The standard InChI is InChI=1S/C24H25ClFN5O2/c1-17-20(7-8-26)21(16-31(17)24-27-9-2-10-28-24)23(32)29-15-22(30-11-13-33-14-12-30)18-3-5-19(25)6-4-18/h2-7,9-10,16,22H,1,8,11-15H2,(H,29,32)/b20-7-. The molecule has 1 saturated heterocycles. The van der Waals surface area contributed by atoms with E-state index in [0.717, 1.165) is 18.7 Å².